The summed E-state index contributed by atoms with van der Waals surface area (Å²) in [6, 6.07) is 0. The van der Waals surface area contributed by atoms with Gasteiger partial charge in [-0.1, -0.05) is 13.8 Å². The van der Waals surface area contributed by atoms with Crippen LogP contribution in [0.1, 0.15) is 44.0 Å². The van der Waals surface area contributed by atoms with Crippen molar-refractivity contribution < 1.29 is 0 Å². The Morgan fingerprint density at radius 2 is 2.00 bits per heavy atom. The molecule has 1 saturated heterocycles. The molecule has 0 aliphatic carbocycles. The standard InChI is InChI=1S/C19H35N5S/c1-14-9-15(2)12-24(11-14)19(4,5)13-23-18(20-6)21-8-7-17-22-10-16(3)25-17/h10,14-15H,7-9,11-13H2,1-6H3,(H2,20,21,23). The monoisotopic (exact) mass is 365 g/mol. The first-order chi connectivity index (χ1) is 11.8. The second-order valence-electron chi connectivity index (χ2n) is 8.13. The fourth-order valence-electron chi connectivity index (χ4n) is 3.59. The number of hydrogen-bond donors (Lipinski definition) is 2. The molecule has 2 atom stereocenters. The molecule has 2 rings (SSSR count). The lowest BCUT2D eigenvalue weighted by Gasteiger charge is -2.45. The highest BCUT2D eigenvalue weighted by Crippen LogP contribution is 2.26. The van der Waals surface area contributed by atoms with Crippen molar-refractivity contribution in [2.45, 2.75) is 53.0 Å². The van der Waals surface area contributed by atoms with Crippen molar-refractivity contribution in [3.63, 3.8) is 0 Å². The van der Waals surface area contributed by atoms with Gasteiger partial charge in [-0.2, -0.15) is 0 Å². The first-order valence-corrected chi connectivity index (χ1v) is 10.2. The van der Waals surface area contributed by atoms with Gasteiger partial charge in [0.15, 0.2) is 5.96 Å². The highest BCUT2D eigenvalue weighted by Gasteiger charge is 2.32. The van der Waals surface area contributed by atoms with Crippen LogP contribution in [0.25, 0.3) is 0 Å². The summed E-state index contributed by atoms with van der Waals surface area (Å²) in [7, 11) is 1.83. The third-order valence-corrected chi connectivity index (χ3v) is 5.91. The van der Waals surface area contributed by atoms with E-state index in [0.29, 0.717) is 0 Å². The molecule has 0 aromatic carbocycles. The zero-order chi connectivity index (χ0) is 18.4. The van der Waals surface area contributed by atoms with E-state index < -0.39 is 0 Å². The first kappa shape index (κ1) is 20.2. The number of nitrogens with one attached hydrogen (secondary N) is 2. The van der Waals surface area contributed by atoms with Crippen molar-refractivity contribution in [1.29, 1.82) is 0 Å². The lowest BCUT2D eigenvalue weighted by Crippen LogP contribution is -2.57. The fourth-order valence-corrected chi connectivity index (χ4v) is 4.38. The van der Waals surface area contributed by atoms with E-state index in [1.54, 1.807) is 11.3 Å². The Kier molecular flexibility index (Phi) is 7.25. The van der Waals surface area contributed by atoms with E-state index in [9.17, 15) is 0 Å². The molecule has 6 heteroatoms. The lowest BCUT2D eigenvalue weighted by molar-refractivity contribution is 0.0483. The number of guanidine groups is 1. The normalized spacial score (nSPS) is 22.9. The summed E-state index contributed by atoms with van der Waals surface area (Å²) in [4.78, 5) is 12.7. The SMILES string of the molecule is CN=C(NCCc1ncc(C)s1)NCC(C)(C)N1CC(C)CC(C)C1. The topological polar surface area (TPSA) is 52.6 Å². The van der Waals surface area contributed by atoms with Crippen LogP contribution in [0.4, 0.5) is 0 Å². The summed E-state index contributed by atoms with van der Waals surface area (Å²) in [6.45, 7) is 15.6. The van der Waals surface area contributed by atoms with Crippen LogP contribution in [0.2, 0.25) is 0 Å². The average Bonchev–Trinajstić information content (AvgIpc) is 2.95. The minimum absolute atomic E-state index is 0.118. The van der Waals surface area contributed by atoms with Crippen LogP contribution in [0.3, 0.4) is 0 Å². The van der Waals surface area contributed by atoms with Gasteiger partial charge in [-0.25, -0.2) is 4.98 Å². The van der Waals surface area contributed by atoms with E-state index in [1.807, 2.05) is 13.2 Å². The Morgan fingerprint density at radius 1 is 1.32 bits per heavy atom. The van der Waals surface area contributed by atoms with Crippen molar-refractivity contribution in [3.05, 3.63) is 16.1 Å². The van der Waals surface area contributed by atoms with Crippen molar-refractivity contribution >= 4 is 17.3 Å². The van der Waals surface area contributed by atoms with Crippen LogP contribution < -0.4 is 10.6 Å². The van der Waals surface area contributed by atoms with Gasteiger partial charge in [-0.3, -0.25) is 9.89 Å². The number of thiazole rings is 1. The summed E-state index contributed by atoms with van der Waals surface area (Å²) in [5, 5.41) is 8.09. The van der Waals surface area contributed by atoms with E-state index in [2.05, 4.69) is 60.1 Å². The van der Waals surface area contributed by atoms with Gasteiger partial charge >= 0.3 is 0 Å². The van der Waals surface area contributed by atoms with Crippen LogP contribution in [0.5, 0.6) is 0 Å². The molecule has 1 aromatic rings. The van der Waals surface area contributed by atoms with Gasteiger partial charge in [0.25, 0.3) is 0 Å². The number of aliphatic imine (C=N–C) groups is 1. The third-order valence-electron chi connectivity index (χ3n) is 4.94. The van der Waals surface area contributed by atoms with Gasteiger partial charge in [0.2, 0.25) is 0 Å². The second kappa shape index (κ2) is 8.99. The van der Waals surface area contributed by atoms with Gasteiger partial charge in [0.05, 0.1) is 5.01 Å². The Hall–Kier alpha value is -1.14. The summed E-state index contributed by atoms with van der Waals surface area (Å²) in [6.07, 6.45) is 4.22. The predicted octanol–water partition coefficient (Wildman–Crippen LogP) is 2.92. The predicted molar refractivity (Wildman–Crippen MR) is 109 cm³/mol. The number of aromatic nitrogens is 1. The van der Waals surface area contributed by atoms with E-state index >= 15 is 0 Å². The number of rotatable bonds is 6. The molecule has 2 unspecified atom stereocenters. The Balaban J connectivity index is 1.78. The Bertz CT molecular complexity index is 556. The molecule has 1 aromatic heterocycles. The maximum atomic E-state index is 4.41. The summed E-state index contributed by atoms with van der Waals surface area (Å²) >= 11 is 1.77. The van der Waals surface area contributed by atoms with E-state index in [0.717, 1.165) is 37.3 Å². The molecule has 0 amide bonds. The van der Waals surface area contributed by atoms with E-state index in [4.69, 9.17) is 0 Å². The zero-order valence-electron chi connectivity index (χ0n) is 16.7. The molecule has 0 radical (unpaired) electrons. The summed E-state index contributed by atoms with van der Waals surface area (Å²) in [5.41, 5.74) is 0.118. The van der Waals surface area contributed by atoms with Crippen LogP contribution >= 0.6 is 11.3 Å². The number of likely N-dealkylation sites (tertiary alicyclic amines) is 1. The average molecular weight is 366 g/mol. The Morgan fingerprint density at radius 3 is 2.56 bits per heavy atom. The summed E-state index contributed by atoms with van der Waals surface area (Å²) < 4.78 is 0. The molecule has 1 fully saturated rings. The van der Waals surface area contributed by atoms with Gasteiger partial charge in [-0.15, -0.1) is 11.3 Å². The highest BCUT2D eigenvalue weighted by atomic mass is 32.1. The molecule has 2 N–H and O–H groups in total. The molecule has 0 spiro atoms. The van der Waals surface area contributed by atoms with Crippen molar-refractivity contribution in [1.82, 2.24) is 20.5 Å². The molecule has 5 nitrogen and oxygen atoms in total. The lowest BCUT2D eigenvalue weighted by atomic mass is 9.88. The van der Waals surface area contributed by atoms with Gasteiger partial charge in [0.1, 0.15) is 0 Å². The van der Waals surface area contributed by atoms with Crippen LogP contribution in [-0.2, 0) is 6.42 Å². The number of nitrogens with zero attached hydrogens (tertiary/aromatic N) is 3. The summed E-state index contributed by atoms with van der Waals surface area (Å²) in [5.74, 6) is 2.43. The maximum absolute atomic E-state index is 4.41. The van der Waals surface area contributed by atoms with Crippen LogP contribution in [0, 0.1) is 18.8 Å². The van der Waals surface area contributed by atoms with Crippen molar-refractivity contribution in [3.8, 4) is 0 Å². The number of piperidine rings is 1. The highest BCUT2D eigenvalue weighted by molar-refractivity contribution is 7.11. The van der Waals surface area contributed by atoms with E-state index in [-0.39, 0.29) is 5.54 Å². The van der Waals surface area contributed by atoms with Gasteiger partial charge in [0, 0.05) is 56.3 Å². The Labute approximate surface area is 157 Å². The largest absolute Gasteiger partial charge is 0.356 e. The molecule has 0 saturated carbocycles. The first-order valence-electron chi connectivity index (χ1n) is 9.41. The minimum Gasteiger partial charge on any atom is -0.356 e. The quantitative estimate of drug-likeness (QED) is 0.601. The molecule has 0 bridgehead atoms. The number of hydrogen-bond acceptors (Lipinski definition) is 4. The van der Waals surface area contributed by atoms with E-state index in [1.165, 1.54) is 29.4 Å². The zero-order valence-corrected chi connectivity index (χ0v) is 17.5. The van der Waals surface area contributed by atoms with Crippen molar-refractivity contribution in [2.75, 3.05) is 33.2 Å². The number of aryl methyl sites for hydroxylation is 1. The fraction of sp³-hybridized carbons (Fsp3) is 0.789. The molecule has 25 heavy (non-hydrogen) atoms. The molecule has 142 valence electrons. The molecular formula is C19H35N5S. The van der Waals surface area contributed by atoms with Gasteiger partial charge in [-0.05, 0) is 39.0 Å². The molecule has 1 aliphatic heterocycles. The molecular weight excluding hydrogens is 330 g/mol. The minimum atomic E-state index is 0.118. The maximum Gasteiger partial charge on any atom is 0.191 e. The smallest absolute Gasteiger partial charge is 0.191 e. The van der Waals surface area contributed by atoms with Crippen LogP contribution in [0.15, 0.2) is 11.2 Å². The van der Waals surface area contributed by atoms with Crippen LogP contribution in [-0.4, -0.2) is 54.6 Å². The van der Waals surface area contributed by atoms with Gasteiger partial charge < -0.3 is 10.6 Å². The molecule has 1 aliphatic rings. The van der Waals surface area contributed by atoms with Crippen molar-refractivity contribution in [2.24, 2.45) is 16.8 Å². The third kappa shape index (κ3) is 6.26. The molecule has 2 heterocycles. The second-order valence-corrected chi connectivity index (χ2v) is 9.45.